The van der Waals surface area contributed by atoms with Gasteiger partial charge in [-0.2, -0.15) is 0 Å². The fourth-order valence-electron chi connectivity index (χ4n) is 2.60. The van der Waals surface area contributed by atoms with E-state index in [0.717, 1.165) is 45.4 Å². The van der Waals surface area contributed by atoms with E-state index in [2.05, 4.69) is 5.32 Å². The largest absolute Gasteiger partial charge is 0.469 e. The number of hydrogen-bond donors (Lipinski definition) is 1. The Kier molecular flexibility index (Phi) is 5.41. The lowest BCUT2D eigenvalue weighted by Gasteiger charge is -2.29. The smallest absolute Gasteiger partial charge is 0.308 e. The van der Waals surface area contributed by atoms with Gasteiger partial charge >= 0.3 is 5.97 Å². The molecule has 0 aromatic carbocycles. The first-order chi connectivity index (χ1) is 8.79. The van der Waals surface area contributed by atoms with Crippen LogP contribution in [0.4, 0.5) is 0 Å². The van der Waals surface area contributed by atoms with Crippen LogP contribution in [0.3, 0.4) is 0 Å². The number of hydrogen-bond acceptors (Lipinski definition) is 5. The average molecular weight is 257 g/mol. The highest BCUT2D eigenvalue weighted by Gasteiger charge is 2.27. The molecule has 5 nitrogen and oxygen atoms in total. The van der Waals surface area contributed by atoms with Crippen molar-refractivity contribution in [3.8, 4) is 0 Å². The van der Waals surface area contributed by atoms with Crippen molar-refractivity contribution in [2.45, 2.75) is 37.9 Å². The van der Waals surface area contributed by atoms with Crippen molar-refractivity contribution >= 4 is 5.97 Å². The minimum absolute atomic E-state index is 0.0717. The maximum atomic E-state index is 11.4. The second-order valence-electron chi connectivity index (χ2n) is 5.03. The van der Waals surface area contributed by atoms with Gasteiger partial charge in [0.25, 0.3) is 0 Å². The highest BCUT2D eigenvalue weighted by molar-refractivity contribution is 5.72. The van der Waals surface area contributed by atoms with Crippen molar-refractivity contribution in [3.63, 3.8) is 0 Å². The minimum atomic E-state index is -0.0757. The van der Waals surface area contributed by atoms with Crippen LogP contribution in [0, 0.1) is 5.92 Å². The van der Waals surface area contributed by atoms with Gasteiger partial charge in [0.15, 0.2) is 0 Å². The van der Waals surface area contributed by atoms with E-state index in [0.29, 0.717) is 6.61 Å². The lowest BCUT2D eigenvalue weighted by Crippen LogP contribution is -2.42. The summed E-state index contributed by atoms with van der Waals surface area (Å²) in [6.07, 6.45) is 4.09. The molecule has 5 heteroatoms. The highest BCUT2D eigenvalue weighted by atomic mass is 16.5. The zero-order chi connectivity index (χ0) is 12.8. The molecule has 1 heterocycles. The maximum absolute atomic E-state index is 11.4. The van der Waals surface area contributed by atoms with Crippen molar-refractivity contribution in [2.75, 3.05) is 33.4 Å². The number of carbonyl (C=O) groups excluding carboxylic acids is 1. The molecule has 18 heavy (non-hydrogen) atoms. The van der Waals surface area contributed by atoms with Crippen molar-refractivity contribution in [1.82, 2.24) is 5.32 Å². The van der Waals surface area contributed by atoms with E-state index >= 15 is 0 Å². The van der Waals surface area contributed by atoms with Crippen molar-refractivity contribution in [1.29, 1.82) is 0 Å². The number of esters is 1. The molecular weight excluding hydrogens is 234 g/mol. The Balaban J connectivity index is 1.62. The third-order valence-corrected chi connectivity index (χ3v) is 3.73. The number of methoxy groups -OCH3 is 1. The molecule has 0 radical (unpaired) electrons. The summed E-state index contributed by atoms with van der Waals surface area (Å²) in [5, 5.41) is 3.29. The van der Waals surface area contributed by atoms with E-state index in [1.807, 2.05) is 0 Å². The van der Waals surface area contributed by atoms with Crippen LogP contribution in [0.25, 0.3) is 0 Å². The van der Waals surface area contributed by atoms with Gasteiger partial charge in [-0.05, 0) is 25.7 Å². The van der Waals surface area contributed by atoms with Crippen LogP contribution in [0.15, 0.2) is 0 Å². The van der Waals surface area contributed by atoms with Gasteiger partial charge in [0.1, 0.15) is 0 Å². The van der Waals surface area contributed by atoms with E-state index < -0.39 is 0 Å². The summed E-state index contributed by atoms with van der Waals surface area (Å²) in [6, 6.07) is 0. The zero-order valence-corrected chi connectivity index (χ0v) is 11.0. The maximum Gasteiger partial charge on any atom is 0.308 e. The summed E-state index contributed by atoms with van der Waals surface area (Å²) in [7, 11) is 1.46. The molecule has 104 valence electrons. The molecule has 1 atom stereocenters. The van der Waals surface area contributed by atoms with Crippen LogP contribution in [-0.4, -0.2) is 51.6 Å². The molecule has 0 spiro atoms. The summed E-state index contributed by atoms with van der Waals surface area (Å²) in [5.74, 6) is -0.00397. The predicted octanol–water partition coefficient (Wildman–Crippen LogP) is 0.723. The van der Waals surface area contributed by atoms with Gasteiger partial charge in [-0.1, -0.05) is 0 Å². The first kappa shape index (κ1) is 13.8. The molecule has 2 rings (SSSR count). The second kappa shape index (κ2) is 7.07. The van der Waals surface area contributed by atoms with E-state index in [1.54, 1.807) is 0 Å². The van der Waals surface area contributed by atoms with Crippen LogP contribution in [-0.2, 0) is 19.0 Å². The number of morpholine rings is 1. The molecule has 1 aliphatic heterocycles. The summed E-state index contributed by atoms with van der Waals surface area (Å²) in [5.41, 5.74) is 0. The Bertz CT molecular complexity index is 258. The van der Waals surface area contributed by atoms with Crippen LogP contribution in [0.1, 0.15) is 25.7 Å². The molecule has 2 fully saturated rings. The molecule has 2 aliphatic rings. The Hall–Kier alpha value is -0.650. The third-order valence-electron chi connectivity index (χ3n) is 3.73. The molecule has 1 unspecified atom stereocenters. The molecule has 0 bridgehead atoms. The zero-order valence-electron chi connectivity index (χ0n) is 11.0. The first-order valence-electron chi connectivity index (χ1n) is 6.81. The van der Waals surface area contributed by atoms with E-state index in [9.17, 15) is 4.79 Å². The molecule has 1 aliphatic carbocycles. The number of ether oxygens (including phenoxy) is 3. The highest BCUT2D eigenvalue weighted by Crippen LogP contribution is 2.27. The Labute approximate surface area is 108 Å². The lowest BCUT2D eigenvalue weighted by molar-refractivity contribution is -0.148. The Morgan fingerprint density at radius 2 is 2.11 bits per heavy atom. The van der Waals surface area contributed by atoms with E-state index in [4.69, 9.17) is 14.2 Å². The van der Waals surface area contributed by atoms with Crippen molar-refractivity contribution in [3.05, 3.63) is 0 Å². The molecule has 1 saturated heterocycles. The lowest BCUT2D eigenvalue weighted by atomic mass is 9.87. The van der Waals surface area contributed by atoms with Gasteiger partial charge < -0.3 is 19.5 Å². The van der Waals surface area contributed by atoms with Crippen molar-refractivity contribution < 1.29 is 19.0 Å². The summed E-state index contributed by atoms with van der Waals surface area (Å²) < 4.78 is 16.2. The van der Waals surface area contributed by atoms with Gasteiger partial charge in [0.05, 0.1) is 38.4 Å². The van der Waals surface area contributed by atoms with Crippen LogP contribution in [0.5, 0.6) is 0 Å². The monoisotopic (exact) mass is 257 g/mol. The van der Waals surface area contributed by atoms with Crippen LogP contribution in [0.2, 0.25) is 0 Å². The summed E-state index contributed by atoms with van der Waals surface area (Å²) in [4.78, 5) is 11.4. The number of carbonyl (C=O) groups is 1. The van der Waals surface area contributed by atoms with Gasteiger partial charge in [0, 0.05) is 13.1 Å². The summed E-state index contributed by atoms with van der Waals surface area (Å²) >= 11 is 0. The van der Waals surface area contributed by atoms with Gasteiger partial charge in [-0.3, -0.25) is 4.79 Å². The normalized spacial score (nSPS) is 33.1. The van der Waals surface area contributed by atoms with Gasteiger partial charge in [-0.25, -0.2) is 0 Å². The fraction of sp³-hybridized carbons (Fsp3) is 0.923. The topological polar surface area (TPSA) is 56.8 Å². The fourth-order valence-corrected chi connectivity index (χ4v) is 2.60. The molecule has 0 aromatic heterocycles. The Morgan fingerprint density at radius 1 is 1.33 bits per heavy atom. The second-order valence-corrected chi connectivity index (χ2v) is 5.03. The van der Waals surface area contributed by atoms with Crippen LogP contribution < -0.4 is 5.32 Å². The molecule has 0 amide bonds. The Morgan fingerprint density at radius 3 is 2.72 bits per heavy atom. The average Bonchev–Trinajstić information content (AvgIpc) is 2.46. The molecule has 0 aromatic rings. The van der Waals surface area contributed by atoms with E-state index in [1.165, 1.54) is 7.11 Å². The SMILES string of the molecule is COC(=O)[C@H]1CC[C@H](OCC2CNCCO2)CC1. The van der Waals surface area contributed by atoms with Crippen LogP contribution >= 0.6 is 0 Å². The molecule has 1 saturated carbocycles. The van der Waals surface area contributed by atoms with Gasteiger partial charge in [-0.15, -0.1) is 0 Å². The first-order valence-corrected chi connectivity index (χ1v) is 6.81. The molecular formula is C13H23NO4. The number of nitrogens with one attached hydrogen (secondary N) is 1. The predicted molar refractivity (Wildman–Crippen MR) is 66.3 cm³/mol. The minimum Gasteiger partial charge on any atom is -0.469 e. The standard InChI is InChI=1S/C13H23NO4/c1-16-13(15)10-2-4-11(5-3-10)18-9-12-8-14-6-7-17-12/h10-12,14H,2-9H2,1H3/t10-,11-,12?. The van der Waals surface area contributed by atoms with Gasteiger partial charge in [0.2, 0.25) is 0 Å². The summed E-state index contributed by atoms with van der Waals surface area (Å²) in [6.45, 7) is 3.22. The third kappa shape index (κ3) is 3.93. The van der Waals surface area contributed by atoms with E-state index in [-0.39, 0.29) is 24.1 Å². The van der Waals surface area contributed by atoms with Crippen molar-refractivity contribution in [2.24, 2.45) is 5.92 Å². The number of rotatable bonds is 4. The quantitative estimate of drug-likeness (QED) is 0.752. The molecule has 1 N–H and O–H groups in total.